The normalized spacial score (nSPS) is 39.9. The van der Waals surface area contributed by atoms with Crippen LogP contribution in [0.15, 0.2) is 12.8 Å². The van der Waals surface area contributed by atoms with E-state index in [0.29, 0.717) is 6.42 Å². The summed E-state index contributed by atoms with van der Waals surface area (Å²) in [4.78, 5) is 9.70. The van der Waals surface area contributed by atoms with Crippen LogP contribution in [-0.4, -0.2) is 23.6 Å². The second-order valence-electron chi connectivity index (χ2n) is 3.33. The van der Waals surface area contributed by atoms with Gasteiger partial charge in [-0.1, -0.05) is 13.5 Å². The molecule has 1 N–H and O–H groups in total. The highest BCUT2D eigenvalue weighted by atomic mass is 17.2. The lowest BCUT2D eigenvalue weighted by Crippen LogP contribution is -2.43. The predicted molar refractivity (Wildman–Crippen MR) is 46.5 cm³/mol. The van der Waals surface area contributed by atoms with Gasteiger partial charge in [0.1, 0.15) is 12.4 Å². The smallest absolute Gasteiger partial charge is 0.155 e. The van der Waals surface area contributed by atoms with Crippen LogP contribution in [-0.2, 0) is 14.5 Å². The van der Waals surface area contributed by atoms with Crippen LogP contribution in [0.2, 0.25) is 0 Å². The zero-order valence-electron chi connectivity index (χ0n) is 7.97. The van der Waals surface area contributed by atoms with E-state index in [2.05, 4.69) is 11.5 Å². The first-order valence-electron chi connectivity index (χ1n) is 4.41. The molecule has 1 rings (SSSR count). The molecule has 0 radical (unpaired) electrons. The molecule has 0 aliphatic carbocycles. The van der Waals surface area contributed by atoms with Crippen LogP contribution in [0.3, 0.4) is 0 Å². The Hall–Kier alpha value is -0.580. The zero-order valence-corrected chi connectivity index (χ0v) is 7.97. The lowest BCUT2D eigenvalue weighted by atomic mass is 9.94. The Balaban J connectivity index is 2.46. The van der Waals surface area contributed by atoms with Gasteiger partial charge in [-0.2, -0.15) is 4.89 Å². The van der Waals surface area contributed by atoms with Crippen molar-refractivity contribution in [2.75, 3.05) is 0 Å². The topological polar surface area (TPSA) is 47.9 Å². The van der Waals surface area contributed by atoms with Gasteiger partial charge in [-0.05, 0) is 12.8 Å². The Morgan fingerprint density at radius 3 is 2.77 bits per heavy atom. The van der Waals surface area contributed by atoms with Crippen LogP contribution < -0.4 is 0 Å². The Bertz CT molecular complexity index is 159. The maximum absolute atomic E-state index is 9.25. The lowest BCUT2D eigenvalue weighted by molar-refractivity contribution is -0.340. The highest BCUT2D eigenvalue weighted by molar-refractivity contribution is 4.78. The van der Waals surface area contributed by atoms with E-state index < -0.39 is 6.29 Å². The number of hydrogen-bond donors (Lipinski definition) is 1. The molecule has 0 aromatic rings. The van der Waals surface area contributed by atoms with Gasteiger partial charge in [0.15, 0.2) is 6.29 Å². The van der Waals surface area contributed by atoms with Crippen molar-refractivity contribution < 1.29 is 19.6 Å². The van der Waals surface area contributed by atoms with E-state index in [1.165, 1.54) is 6.26 Å². The molecule has 0 aromatic carbocycles. The van der Waals surface area contributed by atoms with Crippen LogP contribution in [0.1, 0.15) is 20.3 Å². The summed E-state index contributed by atoms with van der Waals surface area (Å²) >= 11 is 0. The molecule has 1 aliphatic heterocycles. The van der Waals surface area contributed by atoms with E-state index in [9.17, 15) is 5.11 Å². The SMILES string of the molecule is C=COOC1C(C)C[C@H](O)OC1C. The number of rotatable bonds is 3. The summed E-state index contributed by atoms with van der Waals surface area (Å²) < 4.78 is 5.18. The Kier molecular flexibility index (Phi) is 3.71. The molecule has 4 heteroatoms. The van der Waals surface area contributed by atoms with Crippen molar-refractivity contribution >= 4 is 0 Å². The molecule has 4 nitrogen and oxygen atoms in total. The summed E-state index contributed by atoms with van der Waals surface area (Å²) in [6, 6.07) is 0. The van der Waals surface area contributed by atoms with Gasteiger partial charge in [0.2, 0.25) is 0 Å². The largest absolute Gasteiger partial charge is 0.368 e. The molecule has 0 saturated carbocycles. The first-order chi connectivity index (χ1) is 6.15. The quantitative estimate of drug-likeness (QED) is 0.411. The summed E-state index contributed by atoms with van der Waals surface area (Å²) in [5.41, 5.74) is 0. The maximum atomic E-state index is 9.25. The van der Waals surface area contributed by atoms with Crippen molar-refractivity contribution in [3.63, 3.8) is 0 Å². The molecule has 0 spiro atoms. The van der Waals surface area contributed by atoms with E-state index in [-0.39, 0.29) is 18.1 Å². The lowest BCUT2D eigenvalue weighted by Gasteiger charge is -2.35. The zero-order chi connectivity index (χ0) is 9.84. The van der Waals surface area contributed by atoms with Crippen molar-refractivity contribution in [3.05, 3.63) is 12.8 Å². The molecular formula is C9H16O4. The standard InChI is InChI=1S/C9H16O4/c1-4-11-13-9-6(2)5-8(10)12-7(9)3/h4,6-10H,1,5H2,2-3H3/t6?,7?,8-,9?/m1/s1. The minimum absolute atomic E-state index is 0.151. The predicted octanol–water partition coefficient (Wildman–Crippen LogP) is 1.21. The number of aliphatic hydroxyl groups is 1. The summed E-state index contributed by atoms with van der Waals surface area (Å²) in [6.45, 7) is 7.20. The summed E-state index contributed by atoms with van der Waals surface area (Å²) in [6.07, 6.45) is 0.786. The monoisotopic (exact) mass is 188 g/mol. The van der Waals surface area contributed by atoms with Gasteiger partial charge in [0.05, 0.1) is 6.10 Å². The van der Waals surface area contributed by atoms with Crippen molar-refractivity contribution in [3.8, 4) is 0 Å². The molecule has 1 aliphatic rings. The third-order valence-corrected chi connectivity index (χ3v) is 2.20. The van der Waals surface area contributed by atoms with Crippen LogP contribution >= 0.6 is 0 Å². The van der Waals surface area contributed by atoms with E-state index in [0.717, 1.165) is 0 Å². The van der Waals surface area contributed by atoms with Crippen molar-refractivity contribution in [2.24, 2.45) is 5.92 Å². The van der Waals surface area contributed by atoms with E-state index in [1.807, 2.05) is 13.8 Å². The molecule has 1 heterocycles. The van der Waals surface area contributed by atoms with Crippen molar-refractivity contribution in [2.45, 2.75) is 38.8 Å². The average molecular weight is 188 g/mol. The molecule has 13 heavy (non-hydrogen) atoms. The Morgan fingerprint density at radius 2 is 2.23 bits per heavy atom. The highest BCUT2D eigenvalue weighted by Crippen LogP contribution is 2.26. The fourth-order valence-electron chi connectivity index (χ4n) is 1.57. The van der Waals surface area contributed by atoms with E-state index in [4.69, 9.17) is 9.62 Å². The van der Waals surface area contributed by atoms with Crippen LogP contribution in [0.4, 0.5) is 0 Å². The summed E-state index contributed by atoms with van der Waals surface area (Å²) in [5, 5.41) is 9.25. The third-order valence-electron chi connectivity index (χ3n) is 2.20. The molecule has 1 fully saturated rings. The van der Waals surface area contributed by atoms with Gasteiger partial charge in [-0.3, -0.25) is 0 Å². The fourth-order valence-corrected chi connectivity index (χ4v) is 1.57. The van der Waals surface area contributed by atoms with Gasteiger partial charge in [-0.15, -0.1) is 0 Å². The van der Waals surface area contributed by atoms with Crippen LogP contribution in [0.25, 0.3) is 0 Å². The number of aliphatic hydroxyl groups excluding tert-OH is 1. The minimum Gasteiger partial charge on any atom is -0.368 e. The first kappa shape index (κ1) is 10.5. The van der Waals surface area contributed by atoms with Gasteiger partial charge < -0.3 is 14.7 Å². The molecule has 3 unspecified atom stereocenters. The molecule has 0 aromatic heterocycles. The average Bonchev–Trinajstić information content (AvgIpc) is 2.02. The minimum atomic E-state index is -0.686. The van der Waals surface area contributed by atoms with Crippen LogP contribution in [0.5, 0.6) is 0 Å². The third kappa shape index (κ3) is 2.69. The molecule has 4 atom stereocenters. The second-order valence-corrected chi connectivity index (χ2v) is 3.33. The fraction of sp³-hybridized carbons (Fsp3) is 0.778. The van der Waals surface area contributed by atoms with Gasteiger partial charge in [0.25, 0.3) is 0 Å². The number of ether oxygens (including phenoxy) is 1. The molecule has 1 saturated heterocycles. The molecule has 76 valence electrons. The number of hydrogen-bond acceptors (Lipinski definition) is 4. The van der Waals surface area contributed by atoms with Crippen molar-refractivity contribution in [1.82, 2.24) is 0 Å². The van der Waals surface area contributed by atoms with E-state index >= 15 is 0 Å². The Labute approximate surface area is 78.0 Å². The second kappa shape index (κ2) is 4.60. The molecule has 0 amide bonds. The Morgan fingerprint density at radius 1 is 1.54 bits per heavy atom. The van der Waals surface area contributed by atoms with Gasteiger partial charge in [0, 0.05) is 6.42 Å². The maximum Gasteiger partial charge on any atom is 0.155 e. The van der Waals surface area contributed by atoms with E-state index in [1.54, 1.807) is 0 Å². The highest BCUT2D eigenvalue weighted by Gasteiger charge is 2.34. The molecule has 0 bridgehead atoms. The van der Waals surface area contributed by atoms with Gasteiger partial charge >= 0.3 is 0 Å². The molecular weight excluding hydrogens is 172 g/mol. The van der Waals surface area contributed by atoms with Crippen LogP contribution in [0, 0.1) is 5.92 Å². The van der Waals surface area contributed by atoms with Crippen molar-refractivity contribution in [1.29, 1.82) is 0 Å². The first-order valence-corrected chi connectivity index (χ1v) is 4.41. The van der Waals surface area contributed by atoms with Gasteiger partial charge in [-0.25, -0.2) is 0 Å². The summed E-state index contributed by atoms with van der Waals surface area (Å²) in [5.74, 6) is 0.207. The summed E-state index contributed by atoms with van der Waals surface area (Å²) in [7, 11) is 0.